The molecule has 0 amide bonds. The van der Waals surface area contributed by atoms with E-state index in [0.717, 1.165) is 82.9 Å². The maximum Gasteiger partial charge on any atom is 0.204 e. The Morgan fingerprint density at radius 2 is 1.74 bits per heavy atom. The van der Waals surface area contributed by atoms with Crippen molar-refractivity contribution in [1.29, 1.82) is 0 Å². The molecule has 1 fully saturated rings. The second-order valence-electron chi connectivity index (χ2n) is 18.1. The fourth-order valence-corrected chi connectivity index (χ4v) is 9.66. The number of hydrogen-bond donors (Lipinski definition) is 6. The first-order chi connectivity index (χ1) is 33.7. The number of aryl methyl sites for hydroxylation is 3. The number of fused-ring (bicyclic) bond motifs is 7. The molecule has 7 aromatic rings. The SMILES string of the molecule is CCc1cc2c([nH]1)N1CCNCC1Cc1ccc(c(CO)c1)CC(CO)COc1c(OC)c(OCCC(O)C=Cc3ccccc3)c3c(=O)cc(-c4ccc(O)cc4)oc3c1CCc1cccc-2c1. The van der Waals surface area contributed by atoms with Crippen LogP contribution < -0.4 is 29.9 Å². The number of aromatic amines is 1. The van der Waals surface area contributed by atoms with Crippen molar-refractivity contribution in [3.05, 3.63) is 165 Å². The van der Waals surface area contributed by atoms with E-state index in [0.29, 0.717) is 36.1 Å². The Labute approximate surface area is 402 Å². The third kappa shape index (κ3) is 10.6. The maximum atomic E-state index is 14.6. The molecule has 5 aromatic carbocycles. The first-order valence-electron chi connectivity index (χ1n) is 24.0. The zero-order valence-electron chi connectivity index (χ0n) is 39.2. The second-order valence-corrected chi connectivity index (χ2v) is 18.1. The van der Waals surface area contributed by atoms with E-state index in [1.54, 1.807) is 18.2 Å². The van der Waals surface area contributed by atoms with Crippen molar-refractivity contribution in [1.82, 2.24) is 10.3 Å². The molecule has 2 aromatic heterocycles. The molecule has 0 saturated carbocycles. The van der Waals surface area contributed by atoms with E-state index < -0.39 is 12.0 Å². The Balaban J connectivity index is 1.19. The number of aromatic hydroxyl groups is 1. The van der Waals surface area contributed by atoms with Crippen LogP contribution in [-0.2, 0) is 38.7 Å². The van der Waals surface area contributed by atoms with E-state index in [-0.39, 0.29) is 78.3 Å². The van der Waals surface area contributed by atoms with E-state index in [9.17, 15) is 25.2 Å². The summed E-state index contributed by atoms with van der Waals surface area (Å²) in [5, 5.41) is 46.6. The van der Waals surface area contributed by atoms with Gasteiger partial charge in [0.25, 0.3) is 0 Å². The number of nitrogens with one attached hydrogen (secondary N) is 2. The number of aliphatic hydroxyl groups is 3. The van der Waals surface area contributed by atoms with Gasteiger partial charge in [-0.3, -0.25) is 4.79 Å². The van der Waals surface area contributed by atoms with Gasteiger partial charge in [0.2, 0.25) is 5.75 Å². The normalized spacial score (nSPS) is 16.9. The largest absolute Gasteiger partial charge is 0.508 e. The van der Waals surface area contributed by atoms with Gasteiger partial charge in [-0.2, -0.15) is 0 Å². The molecule has 3 atom stereocenters. The highest BCUT2D eigenvalue weighted by Gasteiger charge is 2.30. The van der Waals surface area contributed by atoms with Gasteiger partial charge in [0, 0.05) is 73.1 Å². The zero-order chi connectivity index (χ0) is 47.9. The number of anilines is 1. The summed E-state index contributed by atoms with van der Waals surface area (Å²) in [5.41, 5.74) is 9.21. The van der Waals surface area contributed by atoms with Gasteiger partial charge < -0.3 is 54.3 Å². The van der Waals surface area contributed by atoms with Gasteiger partial charge in [-0.1, -0.05) is 91.9 Å². The number of phenols is 1. The van der Waals surface area contributed by atoms with Gasteiger partial charge in [0.15, 0.2) is 16.9 Å². The highest BCUT2D eigenvalue weighted by atomic mass is 16.5. The van der Waals surface area contributed by atoms with Gasteiger partial charge in [-0.25, -0.2) is 0 Å². The Morgan fingerprint density at radius 1 is 0.899 bits per heavy atom. The minimum Gasteiger partial charge on any atom is -0.508 e. The van der Waals surface area contributed by atoms with Gasteiger partial charge in [0.05, 0.1) is 33.0 Å². The van der Waals surface area contributed by atoms with Crippen molar-refractivity contribution in [2.75, 3.05) is 51.5 Å². The van der Waals surface area contributed by atoms with Crippen LogP contribution in [-0.4, -0.2) is 84.1 Å². The second kappa shape index (κ2) is 21.6. The number of piperazine rings is 1. The predicted octanol–water partition coefficient (Wildman–Crippen LogP) is 8.42. The van der Waals surface area contributed by atoms with Crippen LogP contribution in [0.4, 0.5) is 5.82 Å². The topological polar surface area (TPSA) is 170 Å². The Kier molecular flexibility index (Phi) is 14.8. The van der Waals surface area contributed by atoms with Crippen LogP contribution in [0.5, 0.6) is 23.0 Å². The quantitative estimate of drug-likeness (QED) is 0.0737. The van der Waals surface area contributed by atoms with Crippen LogP contribution in [0.15, 0.2) is 124 Å². The van der Waals surface area contributed by atoms with Gasteiger partial charge in [0.1, 0.15) is 28.3 Å². The number of aliphatic hydroxyl groups excluding tert-OH is 3. The molecular formula is C57H61N3O9. The standard InChI is InChI=1S/C57H61N3O9/c1-3-44-30-49-42-11-7-10-37(26-42)14-21-48-53-52(50(65)31-51(69-53)40-16-19-46(63)20-17-40)55(67-25-22-47(64)18-13-36-8-5-4-6-9-36)56(66-2)54(48)68-35-39(33-61)28-41-15-12-38(27-43(41)34-62)29-45-32-58-23-24-60(45)57(49)59-44/h4-13,15-20,26-27,30-31,39,45,47,58-59,61-64H,3,14,21-25,28-29,32-35H2,1-2H3. The minimum absolute atomic E-state index is 0.0191. The fourth-order valence-electron chi connectivity index (χ4n) is 9.66. The number of H-pyrrole nitrogens is 1. The Hall–Kier alpha value is -6.83. The first kappa shape index (κ1) is 47.2. The van der Waals surface area contributed by atoms with Crippen molar-refractivity contribution in [3.8, 4) is 45.4 Å². The van der Waals surface area contributed by atoms with Crippen LogP contribution in [0.3, 0.4) is 0 Å². The molecular weight excluding hydrogens is 871 g/mol. The molecule has 0 aliphatic carbocycles. The van der Waals surface area contributed by atoms with Gasteiger partial charge in [-0.05, 0) is 95.8 Å². The smallest absolute Gasteiger partial charge is 0.204 e. The number of rotatable bonds is 11. The molecule has 69 heavy (non-hydrogen) atoms. The number of hydrogen-bond acceptors (Lipinski definition) is 11. The van der Waals surface area contributed by atoms with E-state index >= 15 is 0 Å². The van der Waals surface area contributed by atoms with E-state index in [4.69, 9.17) is 18.6 Å². The summed E-state index contributed by atoms with van der Waals surface area (Å²) in [4.78, 5) is 20.9. The molecule has 3 aliphatic rings. The van der Waals surface area contributed by atoms with E-state index in [2.05, 4.69) is 70.7 Å². The monoisotopic (exact) mass is 931 g/mol. The van der Waals surface area contributed by atoms with E-state index in [1.165, 1.54) is 25.3 Å². The molecule has 0 spiro atoms. The predicted molar refractivity (Wildman–Crippen MR) is 271 cm³/mol. The Morgan fingerprint density at radius 3 is 2.52 bits per heavy atom. The number of phenolic OH excluding ortho intramolecular Hbond substituents is 1. The average Bonchev–Trinajstić information content (AvgIpc) is 3.82. The van der Waals surface area contributed by atoms with Crippen molar-refractivity contribution in [2.45, 2.75) is 64.2 Å². The third-order valence-electron chi connectivity index (χ3n) is 13.4. The molecule has 5 heterocycles. The number of nitrogens with zero attached hydrogens (tertiary/aromatic N) is 1. The summed E-state index contributed by atoms with van der Waals surface area (Å²) in [5.74, 6) is 1.66. The van der Waals surface area contributed by atoms with Gasteiger partial charge >= 0.3 is 0 Å². The highest BCUT2D eigenvalue weighted by Crippen LogP contribution is 2.48. The molecule has 0 radical (unpaired) electrons. The molecule has 3 unspecified atom stereocenters. The van der Waals surface area contributed by atoms with Crippen molar-refractivity contribution >= 4 is 22.9 Å². The molecule has 6 N–H and O–H groups in total. The summed E-state index contributed by atoms with van der Waals surface area (Å²) in [6, 6.07) is 34.8. The molecule has 12 heteroatoms. The van der Waals surface area contributed by atoms with E-state index in [1.807, 2.05) is 36.4 Å². The van der Waals surface area contributed by atoms with Crippen LogP contribution >= 0.6 is 0 Å². The molecule has 1 saturated heterocycles. The molecule has 10 rings (SSSR count). The number of ether oxygens (including phenoxy) is 3. The summed E-state index contributed by atoms with van der Waals surface area (Å²) < 4.78 is 26.3. The molecule has 3 aliphatic heterocycles. The Bertz CT molecular complexity index is 2960. The number of aromatic nitrogens is 1. The van der Waals surface area contributed by atoms with Crippen molar-refractivity contribution in [3.63, 3.8) is 0 Å². The lowest BCUT2D eigenvalue weighted by Crippen LogP contribution is -2.52. The van der Waals surface area contributed by atoms with Crippen LogP contribution in [0.25, 0.3) is 39.5 Å². The van der Waals surface area contributed by atoms with Crippen LogP contribution in [0, 0.1) is 5.92 Å². The molecule has 358 valence electrons. The molecule has 12 nitrogen and oxygen atoms in total. The van der Waals surface area contributed by atoms with Crippen LogP contribution in [0.2, 0.25) is 0 Å². The number of methoxy groups -OCH3 is 1. The molecule has 4 bridgehead atoms. The minimum atomic E-state index is -0.850. The summed E-state index contributed by atoms with van der Waals surface area (Å²) >= 11 is 0. The number of benzene rings is 5. The lowest BCUT2D eigenvalue weighted by molar-refractivity contribution is 0.156. The van der Waals surface area contributed by atoms with Crippen LogP contribution in [0.1, 0.15) is 52.4 Å². The summed E-state index contributed by atoms with van der Waals surface area (Å²) in [6.07, 6.45) is 5.84. The lowest BCUT2D eigenvalue weighted by Gasteiger charge is -2.38. The zero-order valence-corrected chi connectivity index (χ0v) is 39.2. The summed E-state index contributed by atoms with van der Waals surface area (Å²) in [7, 11) is 1.50. The average molecular weight is 932 g/mol. The fraction of sp³-hybridized carbons (Fsp3) is 0.316. The lowest BCUT2D eigenvalue weighted by atomic mass is 9.92. The first-order valence-corrected chi connectivity index (χ1v) is 24.0. The maximum absolute atomic E-state index is 14.6. The summed E-state index contributed by atoms with van der Waals surface area (Å²) in [6.45, 7) is 4.35. The van der Waals surface area contributed by atoms with Gasteiger partial charge in [-0.15, -0.1) is 0 Å². The van der Waals surface area contributed by atoms with Crippen molar-refractivity contribution in [2.24, 2.45) is 5.92 Å². The van der Waals surface area contributed by atoms with Crippen molar-refractivity contribution < 1.29 is 39.1 Å². The third-order valence-corrected chi connectivity index (χ3v) is 13.4. The highest BCUT2D eigenvalue weighted by molar-refractivity contribution is 5.93.